The maximum Gasteiger partial charge on any atom is 0.325 e. The quantitative estimate of drug-likeness (QED) is 0.690. The van der Waals surface area contributed by atoms with Crippen LogP contribution in [-0.2, 0) is 0 Å². The molecule has 1 heterocycles. The molecule has 0 saturated carbocycles. The third kappa shape index (κ3) is 4.97. The zero-order chi connectivity index (χ0) is 17.5. The lowest BCUT2D eigenvalue weighted by Crippen LogP contribution is -2.27. The average Bonchev–Trinajstić information content (AvgIpc) is 2.57. The molecule has 1 atom stereocenters. The number of methoxy groups -OCH3 is 1. The maximum atomic E-state index is 12.1. The van der Waals surface area contributed by atoms with Crippen molar-refractivity contribution in [3.05, 3.63) is 35.6 Å². The number of carbonyl (C=O) groups excluding carboxylic acids is 1. The summed E-state index contributed by atoms with van der Waals surface area (Å²) in [7, 11) is 1.46. The Morgan fingerprint density at radius 2 is 2.17 bits per heavy atom. The highest BCUT2D eigenvalue weighted by atomic mass is 35.5. The number of hydrogen-bond acceptors (Lipinski definition) is 6. The Labute approximate surface area is 144 Å². The van der Waals surface area contributed by atoms with Crippen molar-refractivity contribution < 1.29 is 14.3 Å². The van der Waals surface area contributed by atoms with Crippen molar-refractivity contribution in [2.24, 2.45) is 5.73 Å². The van der Waals surface area contributed by atoms with Gasteiger partial charge in [-0.3, -0.25) is 16.0 Å². The van der Waals surface area contributed by atoms with Gasteiger partial charge in [0.05, 0.1) is 25.2 Å². The Balaban J connectivity index is 2.11. The number of anilines is 2. The minimum Gasteiger partial charge on any atom is -0.480 e. The molecule has 1 aromatic heterocycles. The van der Waals surface area contributed by atoms with Crippen LogP contribution in [0.15, 0.2) is 30.6 Å². The SMILES string of the molecule is CCC(N)Oc1ccc(Cl)cc1NC(=O)Nc1cncc(OC)n1. The molecule has 8 nitrogen and oxygen atoms in total. The molecular formula is C15H18ClN5O3. The average molecular weight is 352 g/mol. The lowest BCUT2D eigenvalue weighted by Gasteiger charge is -2.17. The van der Waals surface area contributed by atoms with Crippen LogP contribution in [0.2, 0.25) is 5.02 Å². The first-order valence-corrected chi connectivity index (χ1v) is 7.55. The second-order valence-electron chi connectivity index (χ2n) is 4.73. The molecule has 4 N–H and O–H groups in total. The second kappa shape index (κ2) is 8.32. The highest BCUT2D eigenvalue weighted by Gasteiger charge is 2.12. The first-order valence-electron chi connectivity index (χ1n) is 7.17. The second-order valence-corrected chi connectivity index (χ2v) is 5.17. The van der Waals surface area contributed by atoms with Gasteiger partial charge in [0.15, 0.2) is 5.82 Å². The minimum atomic E-state index is -0.533. The number of nitrogens with one attached hydrogen (secondary N) is 2. The van der Waals surface area contributed by atoms with Crippen molar-refractivity contribution >= 4 is 29.1 Å². The first-order chi connectivity index (χ1) is 11.5. The van der Waals surface area contributed by atoms with Crippen molar-refractivity contribution in [1.82, 2.24) is 9.97 Å². The fourth-order valence-electron chi connectivity index (χ4n) is 1.73. The number of halogens is 1. The van der Waals surface area contributed by atoms with Gasteiger partial charge in [0.1, 0.15) is 12.0 Å². The van der Waals surface area contributed by atoms with Gasteiger partial charge in [0, 0.05) is 5.02 Å². The molecular weight excluding hydrogens is 334 g/mol. The van der Waals surface area contributed by atoms with Crippen LogP contribution in [-0.4, -0.2) is 29.3 Å². The molecule has 0 bridgehead atoms. The molecule has 2 aromatic rings. The van der Waals surface area contributed by atoms with E-state index in [-0.39, 0.29) is 11.7 Å². The van der Waals surface area contributed by atoms with E-state index in [0.29, 0.717) is 22.9 Å². The number of nitrogens with two attached hydrogens (primary N) is 1. The van der Waals surface area contributed by atoms with Crippen molar-refractivity contribution in [3.8, 4) is 11.6 Å². The fourth-order valence-corrected chi connectivity index (χ4v) is 1.90. The third-order valence-corrected chi connectivity index (χ3v) is 3.17. The smallest absolute Gasteiger partial charge is 0.325 e. The number of ether oxygens (including phenoxy) is 2. The monoisotopic (exact) mass is 351 g/mol. The maximum absolute atomic E-state index is 12.1. The Morgan fingerprint density at radius 3 is 2.88 bits per heavy atom. The van der Waals surface area contributed by atoms with E-state index in [9.17, 15) is 4.79 Å². The van der Waals surface area contributed by atoms with Gasteiger partial charge < -0.3 is 14.8 Å². The predicted octanol–water partition coefficient (Wildman–Crippen LogP) is 2.86. The van der Waals surface area contributed by atoms with Crippen LogP contribution >= 0.6 is 11.6 Å². The number of nitrogens with zero attached hydrogens (tertiary/aromatic N) is 2. The van der Waals surface area contributed by atoms with E-state index in [4.69, 9.17) is 26.8 Å². The molecule has 2 amide bonds. The lowest BCUT2D eigenvalue weighted by atomic mass is 10.3. The zero-order valence-electron chi connectivity index (χ0n) is 13.2. The van der Waals surface area contributed by atoms with Gasteiger partial charge in [-0.05, 0) is 24.6 Å². The number of hydrogen-bond donors (Lipinski definition) is 3. The molecule has 1 aromatic carbocycles. The van der Waals surface area contributed by atoms with Gasteiger partial charge in [-0.25, -0.2) is 4.79 Å². The lowest BCUT2D eigenvalue weighted by molar-refractivity contribution is 0.206. The Morgan fingerprint density at radius 1 is 1.38 bits per heavy atom. The summed E-state index contributed by atoms with van der Waals surface area (Å²) in [5.41, 5.74) is 6.17. The van der Waals surface area contributed by atoms with E-state index in [1.165, 1.54) is 19.5 Å². The van der Waals surface area contributed by atoms with Crippen LogP contribution in [0.3, 0.4) is 0 Å². The molecule has 0 radical (unpaired) electrons. The van der Waals surface area contributed by atoms with Crippen LogP contribution in [0.25, 0.3) is 0 Å². The summed E-state index contributed by atoms with van der Waals surface area (Å²) in [6.07, 6.45) is 2.95. The summed E-state index contributed by atoms with van der Waals surface area (Å²) >= 11 is 5.97. The highest BCUT2D eigenvalue weighted by Crippen LogP contribution is 2.29. The molecule has 9 heteroatoms. The molecule has 0 aliphatic heterocycles. The number of benzene rings is 1. The van der Waals surface area contributed by atoms with E-state index in [2.05, 4.69) is 20.6 Å². The first kappa shape index (κ1) is 17.8. The number of carbonyl (C=O) groups is 1. The zero-order valence-corrected chi connectivity index (χ0v) is 14.0. The van der Waals surface area contributed by atoms with E-state index in [0.717, 1.165) is 0 Å². The Bertz CT molecular complexity index is 713. The van der Waals surface area contributed by atoms with Crippen molar-refractivity contribution in [3.63, 3.8) is 0 Å². The van der Waals surface area contributed by atoms with Crippen LogP contribution in [0, 0.1) is 0 Å². The number of aromatic nitrogens is 2. The van der Waals surface area contributed by atoms with Crippen LogP contribution in [0.5, 0.6) is 11.6 Å². The molecule has 1 unspecified atom stereocenters. The molecule has 24 heavy (non-hydrogen) atoms. The summed E-state index contributed by atoms with van der Waals surface area (Å²) in [4.78, 5) is 20.1. The van der Waals surface area contributed by atoms with E-state index < -0.39 is 12.3 Å². The number of urea groups is 1. The molecule has 0 fully saturated rings. The van der Waals surface area contributed by atoms with Gasteiger partial charge in [0.25, 0.3) is 0 Å². The van der Waals surface area contributed by atoms with Gasteiger partial charge in [0.2, 0.25) is 5.88 Å². The van der Waals surface area contributed by atoms with Crippen molar-refractivity contribution in [1.29, 1.82) is 0 Å². The van der Waals surface area contributed by atoms with Crippen LogP contribution in [0.4, 0.5) is 16.3 Å². The molecule has 0 saturated heterocycles. The van der Waals surface area contributed by atoms with Crippen LogP contribution < -0.4 is 25.8 Å². The molecule has 128 valence electrons. The Kier molecular flexibility index (Phi) is 6.16. The topological polar surface area (TPSA) is 111 Å². The summed E-state index contributed by atoms with van der Waals surface area (Å²) < 4.78 is 10.5. The molecule has 0 aliphatic carbocycles. The Hall–Kier alpha value is -2.58. The van der Waals surface area contributed by atoms with Gasteiger partial charge in [-0.15, -0.1) is 0 Å². The minimum absolute atomic E-state index is 0.238. The predicted molar refractivity (Wildman–Crippen MR) is 91.6 cm³/mol. The van der Waals surface area contributed by atoms with Crippen LogP contribution in [0.1, 0.15) is 13.3 Å². The number of amides is 2. The summed E-state index contributed by atoms with van der Waals surface area (Å²) in [5, 5.41) is 5.64. The van der Waals surface area contributed by atoms with Crippen molar-refractivity contribution in [2.75, 3.05) is 17.7 Å². The van der Waals surface area contributed by atoms with Gasteiger partial charge in [-0.1, -0.05) is 18.5 Å². The van der Waals surface area contributed by atoms with E-state index >= 15 is 0 Å². The molecule has 0 spiro atoms. The third-order valence-electron chi connectivity index (χ3n) is 2.93. The standard InChI is InChI=1S/C15H18ClN5O3/c1-3-12(17)24-11-5-4-9(16)6-10(11)19-15(22)21-13-7-18-8-14(20-13)23-2/h4-8,12H,3,17H2,1-2H3,(H2,19,20,21,22). The summed E-state index contributed by atoms with van der Waals surface area (Å²) in [6.45, 7) is 1.89. The van der Waals surface area contributed by atoms with Crippen molar-refractivity contribution in [2.45, 2.75) is 19.6 Å². The summed E-state index contributed by atoms with van der Waals surface area (Å²) in [5.74, 6) is 0.940. The molecule has 0 aliphatic rings. The number of rotatable bonds is 6. The van der Waals surface area contributed by atoms with Gasteiger partial charge >= 0.3 is 6.03 Å². The normalized spacial score (nSPS) is 11.5. The highest BCUT2D eigenvalue weighted by molar-refractivity contribution is 6.31. The van der Waals surface area contributed by atoms with E-state index in [1.54, 1.807) is 18.2 Å². The largest absolute Gasteiger partial charge is 0.480 e. The molecule has 2 rings (SSSR count). The van der Waals surface area contributed by atoms with E-state index in [1.807, 2.05) is 6.92 Å². The fraction of sp³-hybridized carbons (Fsp3) is 0.267. The summed E-state index contributed by atoms with van der Waals surface area (Å²) in [6, 6.07) is 4.32. The van der Waals surface area contributed by atoms with Gasteiger partial charge in [-0.2, -0.15) is 4.98 Å².